The fourth-order valence-electron chi connectivity index (χ4n) is 2.39. The molecule has 1 aliphatic rings. The number of benzene rings is 1. The van der Waals surface area contributed by atoms with Crippen molar-refractivity contribution in [2.24, 2.45) is 0 Å². The van der Waals surface area contributed by atoms with E-state index < -0.39 is 5.82 Å². The van der Waals surface area contributed by atoms with Crippen LogP contribution in [-0.2, 0) is 6.42 Å². The third-order valence-electron chi connectivity index (χ3n) is 3.30. The summed E-state index contributed by atoms with van der Waals surface area (Å²) in [5, 5.41) is 12.9. The van der Waals surface area contributed by atoms with Crippen molar-refractivity contribution in [2.75, 3.05) is 13.7 Å². The van der Waals surface area contributed by atoms with Gasteiger partial charge in [0, 0.05) is 6.04 Å². The molecule has 0 amide bonds. The average molecular weight is 239 g/mol. The first kappa shape index (κ1) is 12.2. The molecule has 1 atom stereocenters. The van der Waals surface area contributed by atoms with Crippen LogP contribution < -0.4 is 10.1 Å². The molecule has 1 aliphatic heterocycles. The number of phenolic OH excluding ortho intramolecular Hbond substituents is 1. The van der Waals surface area contributed by atoms with Crippen LogP contribution in [0.3, 0.4) is 0 Å². The smallest absolute Gasteiger partial charge is 0.207 e. The summed E-state index contributed by atoms with van der Waals surface area (Å²) in [6, 6.07) is 2.18. The van der Waals surface area contributed by atoms with E-state index in [4.69, 9.17) is 4.74 Å². The predicted octanol–water partition coefficient (Wildman–Crippen LogP) is 2.14. The van der Waals surface area contributed by atoms with E-state index in [9.17, 15) is 9.50 Å². The van der Waals surface area contributed by atoms with Gasteiger partial charge in [-0.05, 0) is 49.9 Å². The number of hydrogen-bond donors (Lipinski definition) is 2. The molecule has 94 valence electrons. The minimum absolute atomic E-state index is 0.168. The summed E-state index contributed by atoms with van der Waals surface area (Å²) in [5.74, 6) is -0.799. The molecule has 0 saturated carbocycles. The van der Waals surface area contributed by atoms with Gasteiger partial charge in [-0.2, -0.15) is 4.39 Å². The van der Waals surface area contributed by atoms with Crippen LogP contribution in [0.5, 0.6) is 11.5 Å². The molecule has 1 aromatic carbocycles. The van der Waals surface area contributed by atoms with Gasteiger partial charge in [0.25, 0.3) is 0 Å². The van der Waals surface area contributed by atoms with Crippen molar-refractivity contribution in [2.45, 2.75) is 32.2 Å². The Bertz CT molecular complexity index is 414. The van der Waals surface area contributed by atoms with Gasteiger partial charge in [0.15, 0.2) is 11.5 Å². The molecule has 2 N–H and O–H groups in total. The fourth-order valence-corrected chi connectivity index (χ4v) is 2.39. The Kier molecular flexibility index (Phi) is 3.52. The summed E-state index contributed by atoms with van der Waals surface area (Å²) in [6.07, 6.45) is 3.00. The Hall–Kier alpha value is -1.29. The minimum atomic E-state index is -0.652. The van der Waals surface area contributed by atoms with Crippen LogP contribution in [-0.4, -0.2) is 24.8 Å². The van der Waals surface area contributed by atoms with E-state index >= 15 is 0 Å². The molecule has 1 saturated heterocycles. The SMILES string of the molecule is COc1c(CC2CCCN2)cc(C)c(O)c1F. The zero-order chi connectivity index (χ0) is 12.4. The molecule has 0 aromatic heterocycles. The second-order valence-electron chi connectivity index (χ2n) is 4.55. The van der Waals surface area contributed by atoms with Crippen molar-refractivity contribution in [3.63, 3.8) is 0 Å². The number of aromatic hydroxyl groups is 1. The number of nitrogens with one attached hydrogen (secondary N) is 1. The summed E-state index contributed by atoms with van der Waals surface area (Å²) < 4.78 is 18.9. The molecule has 1 fully saturated rings. The highest BCUT2D eigenvalue weighted by Gasteiger charge is 2.21. The van der Waals surface area contributed by atoms with E-state index in [2.05, 4.69) is 5.32 Å². The number of methoxy groups -OCH3 is 1. The topological polar surface area (TPSA) is 41.5 Å². The zero-order valence-corrected chi connectivity index (χ0v) is 10.2. The van der Waals surface area contributed by atoms with E-state index in [1.54, 1.807) is 13.0 Å². The van der Waals surface area contributed by atoms with Gasteiger partial charge >= 0.3 is 0 Å². The molecule has 1 heterocycles. The predicted molar refractivity (Wildman–Crippen MR) is 64.1 cm³/mol. The maximum atomic E-state index is 13.8. The van der Waals surface area contributed by atoms with Crippen LogP contribution in [0.2, 0.25) is 0 Å². The second-order valence-corrected chi connectivity index (χ2v) is 4.55. The maximum absolute atomic E-state index is 13.8. The molecule has 2 rings (SSSR count). The van der Waals surface area contributed by atoms with Gasteiger partial charge in [0.1, 0.15) is 0 Å². The van der Waals surface area contributed by atoms with Crippen LogP contribution in [0.15, 0.2) is 6.07 Å². The molecule has 0 aliphatic carbocycles. The number of hydrogen-bond acceptors (Lipinski definition) is 3. The molecule has 17 heavy (non-hydrogen) atoms. The maximum Gasteiger partial charge on any atom is 0.207 e. The lowest BCUT2D eigenvalue weighted by Gasteiger charge is -2.16. The van der Waals surface area contributed by atoms with Crippen LogP contribution >= 0.6 is 0 Å². The van der Waals surface area contributed by atoms with Gasteiger partial charge in [-0.3, -0.25) is 0 Å². The fraction of sp³-hybridized carbons (Fsp3) is 0.538. The molecular weight excluding hydrogens is 221 g/mol. The Balaban J connectivity index is 2.31. The molecule has 4 heteroatoms. The Labute approximate surface area is 101 Å². The molecule has 0 radical (unpaired) electrons. The monoisotopic (exact) mass is 239 g/mol. The number of ether oxygens (including phenoxy) is 1. The summed E-state index contributed by atoms with van der Waals surface area (Å²) in [7, 11) is 1.43. The largest absolute Gasteiger partial charge is 0.505 e. The highest BCUT2D eigenvalue weighted by atomic mass is 19.1. The number of halogens is 1. The summed E-state index contributed by atoms with van der Waals surface area (Å²) in [6.45, 7) is 2.72. The Morgan fingerprint density at radius 3 is 2.94 bits per heavy atom. The van der Waals surface area contributed by atoms with Crippen molar-refractivity contribution in [3.05, 3.63) is 23.0 Å². The van der Waals surface area contributed by atoms with Crippen LogP contribution in [0.1, 0.15) is 24.0 Å². The van der Waals surface area contributed by atoms with E-state index in [0.717, 1.165) is 31.4 Å². The van der Waals surface area contributed by atoms with E-state index in [0.29, 0.717) is 11.6 Å². The highest BCUT2D eigenvalue weighted by molar-refractivity contribution is 5.47. The van der Waals surface area contributed by atoms with E-state index in [-0.39, 0.29) is 11.5 Å². The van der Waals surface area contributed by atoms with Gasteiger partial charge in [-0.25, -0.2) is 0 Å². The second kappa shape index (κ2) is 4.92. The van der Waals surface area contributed by atoms with Gasteiger partial charge < -0.3 is 15.2 Å². The Morgan fingerprint density at radius 1 is 1.59 bits per heavy atom. The minimum Gasteiger partial charge on any atom is -0.505 e. The normalized spacial score (nSPS) is 19.6. The van der Waals surface area contributed by atoms with Gasteiger partial charge in [-0.15, -0.1) is 0 Å². The van der Waals surface area contributed by atoms with Crippen LogP contribution in [0, 0.1) is 12.7 Å². The van der Waals surface area contributed by atoms with E-state index in [1.807, 2.05) is 0 Å². The van der Waals surface area contributed by atoms with Crippen molar-refractivity contribution in [1.82, 2.24) is 5.32 Å². The third kappa shape index (κ3) is 2.36. The number of phenols is 1. The summed E-state index contributed by atoms with van der Waals surface area (Å²) in [4.78, 5) is 0. The van der Waals surface area contributed by atoms with E-state index in [1.165, 1.54) is 7.11 Å². The van der Waals surface area contributed by atoms with Crippen molar-refractivity contribution >= 4 is 0 Å². The van der Waals surface area contributed by atoms with Gasteiger partial charge in [-0.1, -0.05) is 0 Å². The highest BCUT2D eigenvalue weighted by Crippen LogP contribution is 2.34. The standard InChI is InChI=1S/C13H18FNO2/c1-8-6-9(7-10-4-3-5-15-10)13(17-2)11(14)12(8)16/h6,10,15-16H,3-5,7H2,1-2H3. The molecular formula is C13H18FNO2. The molecule has 3 nitrogen and oxygen atoms in total. The van der Waals surface area contributed by atoms with Crippen molar-refractivity contribution in [1.29, 1.82) is 0 Å². The number of rotatable bonds is 3. The molecule has 0 bridgehead atoms. The lowest BCUT2D eigenvalue weighted by atomic mass is 10.0. The quantitative estimate of drug-likeness (QED) is 0.849. The van der Waals surface area contributed by atoms with Crippen molar-refractivity contribution in [3.8, 4) is 11.5 Å². The van der Waals surface area contributed by atoms with Crippen LogP contribution in [0.4, 0.5) is 4.39 Å². The summed E-state index contributed by atoms with van der Waals surface area (Å²) >= 11 is 0. The average Bonchev–Trinajstić information content (AvgIpc) is 2.79. The zero-order valence-electron chi connectivity index (χ0n) is 10.2. The lowest BCUT2D eigenvalue weighted by Crippen LogP contribution is -2.24. The summed E-state index contributed by atoms with van der Waals surface area (Å²) in [5.41, 5.74) is 1.37. The molecule has 1 aromatic rings. The first-order chi connectivity index (χ1) is 8.13. The third-order valence-corrected chi connectivity index (χ3v) is 3.30. The lowest BCUT2D eigenvalue weighted by molar-refractivity contribution is 0.357. The molecule has 0 spiro atoms. The first-order valence-electron chi connectivity index (χ1n) is 5.91. The van der Waals surface area contributed by atoms with Gasteiger partial charge in [0.2, 0.25) is 5.82 Å². The molecule has 1 unspecified atom stereocenters. The number of aryl methyl sites for hydroxylation is 1. The van der Waals surface area contributed by atoms with Crippen LogP contribution in [0.25, 0.3) is 0 Å². The first-order valence-corrected chi connectivity index (χ1v) is 5.91. The van der Waals surface area contributed by atoms with Crippen molar-refractivity contribution < 1.29 is 14.2 Å². The van der Waals surface area contributed by atoms with Gasteiger partial charge in [0.05, 0.1) is 7.11 Å². The Morgan fingerprint density at radius 2 is 2.35 bits per heavy atom.